The van der Waals surface area contributed by atoms with Crippen molar-refractivity contribution >= 4 is 23.5 Å². The molecule has 31 heavy (non-hydrogen) atoms. The van der Waals surface area contributed by atoms with Gasteiger partial charge in [-0.25, -0.2) is 0 Å². The first kappa shape index (κ1) is 24.1. The predicted molar refractivity (Wildman–Crippen MR) is 122 cm³/mol. The maximum Gasteiger partial charge on any atom is 0.314 e. The lowest BCUT2D eigenvalue weighted by Crippen LogP contribution is -2.30. The molecule has 0 aromatic heterocycles. The van der Waals surface area contributed by atoms with Gasteiger partial charge in [0.15, 0.2) is 6.61 Å². The van der Waals surface area contributed by atoms with Crippen molar-refractivity contribution < 1.29 is 19.1 Å². The van der Waals surface area contributed by atoms with Crippen molar-refractivity contribution in [3.8, 4) is 0 Å². The van der Waals surface area contributed by atoms with Crippen LogP contribution >= 0.6 is 0 Å². The molecule has 6 nitrogen and oxygen atoms in total. The molecule has 0 fully saturated rings. The molecule has 6 heteroatoms. The Morgan fingerprint density at radius 3 is 2.10 bits per heavy atom. The molecule has 0 aliphatic rings. The average Bonchev–Trinajstić information content (AvgIpc) is 2.79. The van der Waals surface area contributed by atoms with Gasteiger partial charge in [0, 0.05) is 24.3 Å². The summed E-state index contributed by atoms with van der Waals surface area (Å²) >= 11 is 0. The van der Waals surface area contributed by atoms with Crippen molar-refractivity contribution in [1.82, 2.24) is 4.90 Å². The molecule has 0 saturated carbocycles. The van der Waals surface area contributed by atoms with Crippen LogP contribution in [-0.4, -0.2) is 42.4 Å². The number of ether oxygens (including phenoxy) is 1. The summed E-state index contributed by atoms with van der Waals surface area (Å²) in [6, 6.07) is 16.2. The molecule has 166 valence electrons. The van der Waals surface area contributed by atoms with Gasteiger partial charge in [-0.2, -0.15) is 0 Å². The van der Waals surface area contributed by atoms with Crippen LogP contribution in [0.5, 0.6) is 0 Å². The number of hydrogen-bond acceptors (Lipinski definition) is 4. The summed E-state index contributed by atoms with van der Waals surface area (Å²) < 4.78 is 5.33. The van der Waals surface area contributed by atoms with Crippen molar-refractivity contribution in [2.24, 2.45) is 5.92 Å². The Labute approximate surface area is 184 Å². The largest absolute Gasteiger partial charge is 0.455 e. The molecular formula is C25H32N2O4. The van der Waals surface area contributed by atoms with Crippen LogP contribution in [0, 0.1) is 5.92 Å². The zero-order chi connectivity index (χ0) is 22.8. The summed E-state index contributed by atoms with van der Waals surface area (Å²) in [7, 11) is 0. The molecular weight excluding hydrogens is 392 g/mol. The third-order valence-electron chi connectivity index (χ3n) is 5.44. The molecule has 0 spiro atoms. The molecule has 2 rings (SSSR count). The number of nitrogens with zero attached hydrogens (tertiary/aromatic N) is 1. The molecule has 2 aromatic rings. The minimum absolute atomic E-state index is 0.0474. The highest BCUT2D eigenvalue weighted by atomic mass is 16.5. The number of anilines is 1. The van der Waals surface area contributed by atoms with E-state index in [-0.39, 0.29) is 18.4 Å². The Hall–Kier alpha value is -3.15. The van der Waals surface area contributed by atoms with E-state index in [2.05, 4.69) is 5.32 Å². The van der Waals surface area contributed by atoms with Crippen LogP contribution in [0.4, 0.5) is 5.69 Å². The maximum absolute atomic E-state index is 12.7. The number of esters is 1. The van der Waals surface area contributed by atoms with Crippen molar-refractivity contribution in [1.29, 1.82) is 0 Å². The highest BCUT2D eigenvalue weighted by Gasteiger charge is 2.27. The Bertz CT molecular complexity index is 861. The van der Waals surface area contributed by atoms with Gasteiger partial charge in [-0.05, 0) is 49.6 Å². The number of benzene rings is 2. The normalized spacial score (nSPS) is 12.5. The number of carbonyl (C=O) groups excluding carboxylic acids is 3. The summed E-state index contributed by atoms with van der Waals surface area (Å²) in [4.78, 5) is 39.1. The van der Waals surface area contributed by atoms with Crippen molar-refractivity contribution in [3.05, 3.63) is 65.7 Å². The SMILES string of the molecule is CC[C@H](C)[C@H](C(=O)OCC(=O)Nc1ccc(C(=O)N(CC)CC)cc1)c1ccccc1. The fourth-order valence-corrected chi connectivity index (χ4v) is 3.41. The van der Waals surface area contributed by atoms with Gasteiger partial charge in [0.25, 0.3) is 11.8 Å². The van der Waals surface area contributed by atoms with E-state index in [4.69, 9.17) is 4.74 Å². The Kier molecular flexibility index (Phi) is 9.25. The molecule has 0 heterocycles. The van der Waals surface area contributed by atoms with Gasteiger partial charge in [-0.3, -0.25) is 14.4 Å². The lowest BCUT2D eigenvalue weighted by atomic mass is 9.86. The first-order valence-electron chi connectivity index (χ1n) is 10.8. The van der Waals surface area contributed by atoms with Crippen LogP contribution in [0.1, 0.15) is 56.0 Å². The molecule has 0 aliphatic heterocycles. The van der Waals surface area contributed by atoms with Crippen LogP contribution in [0.2, 0.25) is 0 Å². The van der Waals surface area contributed by atoms with E-state index in [0.29, 0.717) is 24.3 Å². The van der Waals surface area contributed by atoms with E-state index < -0.39 is 17.8 Å². The third-order valence-corrected chi connectivity index (χ3v) is 5.44. The zero-order valence-electron chi connectivity index (χ0n) is 18.8. The molecule has 2 amide bonds. The van der Waals surface area contributed by atoms with Crippen LogP contribution in [0.15, 0.2) is 54.6 Å². The second-order valence-electron chi connectivity index (χ2n) is 7.48. The van der Waals surface area contributed by atoms with E-state index in [1.807, 2.05) is 58.0 Å². The summed E-state index contributed by atoms with van der Waals surface area (Å²) in [5, 5.41) is 2.70. The van der Waals surface area contributed by atoms with Gasteiger partial charge < -0.3 is 15.0 Å². The smallest absolute Gasteiger partial charge is 0.314 e. The van der Waals surface area contributed by atoms with Gasteiger partial charge in [-0.15, -0.1) is 0 Å². The topological polar surface area (TPSA) is 75.7 Å². The number of carbonyl (C=O) groups is 3. The van der Waals surface area contributed by atoms with E-state index in [1.54, 1.807) is 29.2 Å². The summed E-state index contributed by atoms with van der Waals surface area (Å²) in [5.41, 5.74) is 1.99. The van der Waals surface area contributed by atoms with Crippen LogP contribution < -0.4 is 5.32 Å². The number of nitrogens with one attached hydrogen (secondary N) is 1. The van der Waals surface area contributed by atoms with Gasteiger partial charge in [-0.1, -0.05) is 50.6 Å². The Morgan fingerprint density at radius 2 is 1.55 bits per heavy atom. The van der Waals surface area contributed by atoms with E-state index in [9.17, 15) is 14.4 Å². The highest BCUT2D eigenvalue weighted by Crippen LogP contribution is 2.28. The summed E-state index contributed by atoms with van der Waals surface area (Å²) in [6.07, 6.45) is 0.819. The second-order valence-corrected chi connectivity index (χ2v) is 7.48. The molecule has 0 saturated heterocycles. The summed E-state index contributed by atoms with van der Waals surface area (Å²) in [5.74, 6) is -1.20. The Morgan fingerprint density at radius 1 is 0.935 bits per heavy atom. The number of hydrogen-bond donors (Lipinski definition) is 1. The molecule has 0 radical (unpaired) electrons. The predicted octanol–water partition coefficient (Wildman–Crippen LogP) is 4.48. The maximum atomic E-state index is 12.7. The van der Waals surface area contributed by atoms with E-state index >= 15 is 0 Å². The van der Waals surface area contributed by atoms with Gasteiger partial charge in [0.1, 0.15) is 0 Å². The van der Waals surface area contributed by atoms with Gasteiger partial charge in [0.2, 0.25) is 0 Å². The van der Waals surface area contributed by atoms with E-state index in [1.165, 1.54) is 0 Å². The molecule has 2 atom stereocenters. The molecule has 0 unspecified atom stereocenters. The van der Waals surface area contributed by atoms with Crippen molar-refractivity contribution in [2.45, 2.75) is 40.0 Å². The monoisotopic (exact) mass is 424 g/mol. The molecule has 0 bridgehead atoms. The number of amides is 2. The lowest BCUT2D eigenvalue weighted by molar-refractivity contribution is -0.150. The summed E-state index contributed by atoms with van der Waals surface area (Å²) in [6.45, 7) is 8.80. The standard InChI is InChI=1S/C25H32N2O4/c1-5-18(4)23(19-11-9-8-10-12-19)25(30)31-17-22(28)26-21-15-13-20(14-16-21)24(29)27(6-2)7-3/h8-16,18,23H,5-7,17H2,1-4H3,(H,26,28)/t18-,23-/m0/s1. The minimum Gasteiger partial charge on any atom is -0.455 e. The van der Waals surface area contributed by atoms with Crippen LogP contribution in [0.25, 0.3) is 0 Å². The fourth-order valence-electron chi connectivity index (χ4n) is 3.41. The van der Waals surface area contributed by atoms with Crippen LogP contribution in [-0.2, 0) is 14.3 Å². The average molecular weight is 425 g/mol. The second kappa shape index (κ2) is 11.9. The van der Waals surface area contributed by atoms with Crippen molar-refractivity contribution in [2.75, 3.05) is 25.0 Å². The highest BCUT2D eigenvalue weighted by molar-refractivity contribution is 5.96. The molecule has 0 aliphatic carbocycles. The van der Waals surface area contributed by atoms with Crippen molar-refractivity contribution in [3.63, 3.8) is 0 Å². The fraction of sp³-hybridized carbons (Fsp3) is 0.400. The lowest BCUT2D eigenvalue weighted by Gasteiger charge is -2.21. The first-order valence-corrected chi connectivity index (χ1v) is 10.8. The molecule has 1 N–H and O–H groups in total. The van der Waals surface area contributed by atoms with Gasteiger partial charge >= 0.3 is 5.97 Å². The third kappa shape index (κ3) is 6.67. The zero-order valence-corrected chi connectivity index (χ0v) is 18.8. The number of rotatable bonds is 10. The van der Waals surface area contributed by atoms with Crippen LogP contribution in [0.3, 0.4) is 0 Å². The molecule has 2 aromatic carbocycles. The minimum atomic E-state index is -0.424. The van der Waals surface area contributed by atoms with E-state index in [0.717, 1.165) is 12.0 Å². The first-order chi connectivity index (χ1) is 14.9. The Balaban J connectivity index is 1.95. The van der Waals surface area contributed by atoms with Gasteiger partial charge in [0.05, 0.1) is 5.92 Å². The quantitative estimate of drug-likeness (QED) is 0.571.